The largest absolute Gasteiger partial charge is 0.310 e. The predicted molar refractivity (Wildman–Crippen MR) is 224 cm³/mol. The Kier molecular flexibility index (Phi) is 6.80. The van der Waals surface area contributed by atoms with E-state index < -0.39 is 5.41 Å². The van der Waals surface area contributed by atoms with Crippen LogP contribution in [0, 0.1) is 0 Å². The summed E-state index contributed by atoms with van der Waals surface area (Å²) < 4.78 is 0. The summed E-state index contributed by atoms with van der Waals surface area (Å²) in [6.07, 6.45) is 0. The van der Waals surface area contributed by atoms with Gasteiger partial charge >= 0.3 is 0 Å². The van der Waals surface area contributed by atoms with E-state index >= 15 is 0 Å². The van der Waals surface area contributed by atoms with Crippen molar-refractivity contribution in [2.75, 3.05) is 4.90 Å². The molecule has 0 atom stereocenters. The van der Waals surface area contributed by atoms with Crippen molar-refractivity contribution in [1.82, 2.24) is 4.98 Å². The molecule has 8 aromatic carbocycles. The first-order valence-electron chi connectivity index (χ1n) is 18.6. The number of pyridine rings is 1. The van der Waals surface area contributed by atoms with Crippen molar-refractivity contribution < 1.29 is 0 Å². The average Bonchev–Trinajstić information content (AvgIpc) is 3.71. The second kappa shape index (κ2) is 12.0. The molecule has 0 aliphatic heterocycles. The van der Waals surface area contributed by atoms with Gasteiger partial charge in [0.05, 0.1) is 16.6 Å². The molecule has 0 saturated heterocycles. The van der Waals surface area contributed by atoms with Crippen LogP contribution in [0.5, 0.6) is 0 Å². The molecule has 2 aliphatic carbocycles. The SMILES string of the molecule is c1ccc(-c2cc3ccccc3nc2-c2cccc(N(c3ccccc3)c3ccc4c(c3)C3(c5ccccc5-c5ccccc53)c3ccccc3-4)c2)cc1. The third kappa shape index (κ3) is 4.44. The molecular formula is C52H34N2. The van der Waals surface area contributed by atoms with Crippen molar-refractivity contribution in [2.24, 2.45) is 0 Å². The number of fused-ring (bicyclic) bond motifs is 11. The summed E-state index contributed by atoms with van der Waals surface area (Å²) in [5, 5.41) is 1.13. The quantitative estimate of drug-likeness (QED) is 0.179. The normalized spacial score (nSPS) is 13.0. The van der Waals surface area contributed by atoms with E-state index in [0.717, 1.165) is 50.3 Å². The first-order chi connectivity index (χ1) is 26.8. The van der Waals surface area contributed by atoms with Crippen LogP contribution in [0.15, 0.2) is 206 Å². The highest BCUT2D eigenvalue weighted by Crippen LogP contribution is 2.63. The minimum Gasteiger partial charge on any atom is -0.310 e. The molecule has 1 aromatic heterocycles. The summed E-state index contributed by atoms with van der Waals surface area (Å²) in [6, 6.07) is 75.0. The molecule has 9 aromatic rings. The number of nitrogens with zero attached hydrogens (tertiary/aromatic N) is 2. The van der Waals surface area contributed by atoms with E-state index in [9.17, 15) is 0 Å². The lowest BCUT2D eigenvalue weighted by atomic mass is 9.70. The van der Waals surface area contributed by atoms with Gasteiger partial charge in [-0.15, -0.1) is 0 Å². The Balaban J connectivity index is 1.14. The van der Waals surface area contributed by atoms with Crippen LogP contribution in [-0.4, -0.2) is 4.98 Å². The summed E-state index contributed by atoms with van der Waals surface area (Å²) in [4.78, 5) is 7.71. The molecular weight excluding hydrogens is 653 g/mol. The lowest BCUT2D eigenvalue weighted by molar-refractivity contribution is 0.793. The zero-order valence-corrected chi connectivity index (χ0v) is 29.5. The van der Waals surface area contributed by atoms with Gasteiger partial charge in [-0.1, -0.05) is 158 Å². The standard InChI is InChI=1S/C52H34N2/c1-3-16-35(17-4-1)45-33-36-18-7-14-29-50(36)53-51(45)37-19-15-22-39(32-37)54(38-20-5-2-6-21-38)40-30-31-44-43-25-10-13-28-48(43)52(49(44)34-40)46-26-11-8-23-41(46)42-24-9-12-27-47(42)52/h1-34H. The van der Waals surface area contributed by atoms with Crippen molar-refractivity contribution in [3.8, 4) is 44.6 Å². The van der Waals surface area contributed by atoms with Crippen LogP contribution in [0.1, 0.15) is 22.3 Å². The Hall–Kier alpha value is -7.03. The Morgan fingerprint density at radius 2 is 0.852 bits per heavy atom. The molecule has 0 bridgehead atoms. The average molecular weight is 687 g/mol. The summed E-state index contributed by atoms with van der Waals surface area (Å²) in [5.74, 6) is 0. The molecule has 0 radical (unpaired) electrons. The molecule has 0 fully saturated rings. The van der Waals surface area contributed by atoms with Crippen LogP contribution in [0.2, 0.25) is 0 Å². The van der Waals surface area contributed by atoms with Crippen molar-refractivity contribution in [1.29, 1.82) is 0 Å². The maximum absolute atomic E-state index is 5.31. The summed E-state index contributed by atoms with van der Waals surface area (Å²) >= 11 is 0. The van der Waals surface area contributed by atoms with Gasteiger partial charge in [-0.2, -0.15) is 0 Å². The van der Waals surface area contributed by atoms with E-state index in [1.807, 2.05) is 0 Å². The van der Waals surface area contributed by atoms with Gasteiger partial charge in [-0.3, -0.25) is 0 Å². The second-order valence-electron chi connectivity index (χ2n) is 14.3. The minimum absolute atomic E-state index is 0.418. The lowest BCUT2D eigenvalue weighted by Gasteiger charge is -2.32. The fraction of sp³-hybridized carbons (Fsp3) is 0.0192. The van der Waals surface area contributed by atoms with Gasteiger partial charge in [-0.25, -0.2) is 4.98 Å². The molecule has 252 valence electrons. The predicted octanol–water partition coefficient (Wildman–Crippen LogP) is 13.4. The first kappa shape index (κ1) is 30.6. The van der Waals surface area contributed by atoms with Crippen LogP contribution in [0.4, 0.5) is 17.1 Å². The van der Waals surface area contributed by atoms with Gasteiger partial charge < -0.3 is 4.90 Å². The van der Waals surface area contributed by atoms with Gasteiger partial charge in [0, 0.05) is 33.6 Å². The van der Waals surface area contributed by atoms with Crippen LogP contribution >= 0.6 is 0 Å². The van der Waals surface area contributed by atoms with Gasteiger partial charge in [0.25, 0.3) is 0 Å². The number of anilines is 3. The zero-order chi connectivity index (χ0) is 35.6. The van der Waals surface area contributed by atoms with Crippen LogP contribution in [0.25, 0.3) is 55.5 Å². The highest BCUT2D eigenvalue weighted by atomic mass is 15.1. The van der Waals surface area contributed by atoms with Crippen molar-refractivity contribution in [3.05, 3.63) is 229 Å². The molecule has 2 aliphatic rings. The van der Waals surface area contributed by atoms with Crippen LogP contribution in [0.3, 0.4) is 0 Å². The molecule has 0 saturated carbocycles. The van der Waals surface area contributed by atoms with Gasteiger partial charge in [0.15, 0.2) is 0 Å². The van der Waals surface area contributed by atoms with Gasteiger partial charge in [0.2, 0.25) is 0 Å². The summed E-state index contributed by atoms with van der Waals surface area (Å²) in [7, 11) is 0. The Labute approximate surface area is 315 Å². The van der Waals surface area contributed by atoms with E-state index in [1.54, 1.807) is 0 Å². The maximum Gasteiger partial charge on any atom is 0.0788 e. The smallest absolute Gasteiger partial charge is 0.0788 e. The molecule has 2 nitrogen and oxygen atoms in total. The molecule has 0 N–H and O–H groups in total. The Morgan fingerprint density at radius 1 is 0.333 bits per heavy atom. The molecule has 1 heterocycles. The Bertz CT molecular complexity index is 2830. The summed E-state index contributed by atoms with van der Waals surface area (Å²) in [5.41, 5.74) is 18.7. The van der Waals surface area contributed by atoms with E-state index in [2.05, 4.69) is 211 Å². The first-order valence-corrected chi connectivity index (χ1v) is 18.6. The van der Waals surface area contributed by atoms with Crippen LogP contribution in [-0.2, 0) is 5.41 Å². The van der Waals surface area contributed by atoms with E-state index in [-0.39, 0.29) is 0 Å². The monoisotopic (exact) mass is 686 g/mol. The fourth-order valence-electron chi connectivity index (χ4n) is 9.21. The highest BCUT2D eigenvalue weighted by molar-refractivity contribution is 5.97. The lowest BCUT2D eigenvalue weighted by Crippen LogP contribution is -2.26. The molecule has 1 spiro atoms. The fourth-order valence-corrected chi connectivity index (χ4v) is 9.21. The van der Waals surface area contributed by atoms with E-state index in [1.165, 1.54) is 44.5 Å². The van der Waals surface area contributed by atoms with E-state index in [4.69, 9.17) is 4.98 Å². The molecule has 11 rings (SSSR count). The molecule has 0 amide bonds. The number of benzene rings is 8. The zero-order valence-electron chi connectivity index (χ0n) is 29.5. The molecule has 0 unspecified atom stereocenters. The van der Waals surface area contributed by atoms with Crippen LogP contribution < -0.4 is 4.90 Å². The van der Waals surface area contributed by atoms with Gasteiger partial charge in [0.1, 0.15) is 0 Å². The van der Waals surface area contributed by atoms with Crippen molar-refractivity contribution in [3.63, 3.8) is 0 Å². The third-order valence-electron chi connectivity index (χ3n) is 11.4. The number of hydrogen-bond donors (Lipinski definition) is 0. The second-order valence-corrected chi connectivity index (χ2v) is 14.3. The van der Waals surface area contributed by atoms with Crippen molar-refractivity contribution >= 4 is 28.0 Å². The molecule has 2 heteroatoms. The number of hydrogen-bond acceptors (Lipinski definition) is 2. The minimum atomic E-state index is -0.418. The highest BCUT2D eigenvalue weighted by Gasteiger charge is 2.51. The van der Waals surface area contributed by atoms with Gasteiger partial charge in [-0.05, 0) is 98.6 Å². The summed E-state index contributed by atoms with van der Waals surface area (Å²) in [6.45, 7) is 0. The number of para-hydroxylation sites is 2. The van der Waals surface area contributed by atoms with E-state index in [0.29, 0.717) is 0 Å². The molecule has 54 heavy (non-hydrogen) atoms. The van der Waals surface area contributed by atoms with Crippen molar-refractivity contribution in [2.45, 2.75) is 5.41 Å². The topological polar surface area (TPSA) is 16.1 Å². The number of rotatable bonds is 5. The third-order valence-corrected chi connectivity index (χ3v) is 11.4. The Morgan fingerprint density at radius 3 is 1.54 bits per heavy atom. The maximum atomic E-state index is 5.31. The number of aromatic nitrogens is 1.